The summed E-state index contributed by atoms with van der Waals surface area (Å²) in [5.74, 6) is 0.669. The van der Waals surface area contributed by atoms with Crippen LogP contribution in [0.3, 0.4) is 0 Å². The lowest BCUT2D eigenvalue weighted by Gasteiger charge is -2.06. The van der Waals surface area contributed by atoms with E-state index in [2.05, 4.69) is 37.2 Å². The van der Waals surface area contributed by atoms with Gasteiger partial charge in [0.05, 0.1) is 15.3 Å². The van der Waals surface area contributed by atoms with E-state index in [9.17, 15) is 4.79 Å². The number of carbonyl (C=O) groups is 1. The van der Waals surface area contributed by atoms with Crippen LogP contribution in [0, 0.1) is 0 Å². The molecular formula is C13H11Br2NO2S. The molecule has 1 aromatic carbocycles. The molecule has 1 heterocycles. The predicted octanol–water partition coefficient (Wildman–Crippen LogP) is 4.92. The Balaban J connectivity index is 2.06. The Labute approximate surface area is 132 Å². The Morgan fingerprint density at radius 3 is 2.53 bits per heavy atom. The molecule has 0 radical (unpaired) electrons. The predicted molar refractivity (Wildman–Crippen MR) is 85.3 cm³/mol. The minimum atomic E-state index is -0.124. The number of carbonyl (C=O) groups excluding carboxylic acids is 1. The van der Waals surface area contributed by atoms with Crippen molar-refractivity contribution in [2.45, 2.75) is 6.92 Å². The van der Waals surface area contributed by atoms with E-state index in [0.717, 1.165) is 19.7 Å². The van der Waals surface area contributed by atoms with Crippen LogP contribution in [-0.2, 0) is 0 Å². The lowest BCUT2D eigenvalue weighted by molar-refractivity contribution is 0.103. The molecular weight excluding hydrogens is 394 g/mol. The van der Waals surface area contributed by atoms with Crippen molar-refractivity contribution in [2.75, 3.05) is 11.9 Å². The summed E-state index contributed by atoms with van der Waals surface area (Å²) < 4.78 is 7.14. The van der Waals surface area contributed by atoms with E-state index < -0.39 is 0 Å². The molecule has 0 bridgehead atoms. The lowest BCUT2D eigenvalue weighted by atomic mass is 10.3. The third kappa shape index (κ3) is 3.81. The highest BCUT2D eigenvalue weighted by atomic mass is 79.9. The van der Waals surface area contributed by atoms with Gasteiger partial charge in [-0.05, 0) is 69.1 Å². The van der Waals surface area contributed by atoms with Crippen molar-refractivity contribution in [2.24, 2.45) is 0 Å². The first-order valence-electron chi connectivity index (χ1n) is 5.59. The number of nitrogens with one attached hydrogen (secondary N) is 1. The second-order valence-corrected chi connectivity index (χ2v) is 6.87. The minimum absolute atomic E-state index is 0.124. The summed E-state index contributed by atoms with van der Waals surface area (Å²) in [7, 11) is 0. The highest BCUT2D eigenvalue weighted by Gasteiger charge is 2.12. The molecule has 0 aliphatic carbocycles. The first kappa shape index (κ1) is 14.6. The number of anilines is 1. The van der Waals surface area contributed by atoms with E-state index in [4.69, 9.17) is 4.74 Å². The molecule has 0 atom stereocenters. The highest BCUT2D eigenvalue weighted by Crippen LogP contribution is 2.32. The standard InChI is InChI=1S/C13H11Br2NO2S/c1-2-18-9-5-3-8(4-6-9)16-13(17)11-7-10(14)12(15)19-11/h3-7H,2H2,1H3,(H,16,17). The van der Waals surface area contributed by atoms with Gasteiger partial charge in [-0.1, -0.05) is 0 Å². The van der Waals surface area contributed by atoms with Gasteiger partial charge in [0.1, 0.15) is 5.75 Å². The zero-order valence-corrected chi connectivity index (χ0v) is 14.1. The van der Waals surface area contributed by atoms with E-state index in [1.54, 1.807) is 6.07 Å². The molecule has 0 saturated carbocycles. The monoisotopic (exact) mass is 403 g/mol. The Morgan fingerprint density at radius 2 is 2.00 bits per heavy atom. The van der Waals surface area contributed by atoms with Crippen molar-refractivity contribution in [3.8, 4) is 5.75 Å². The maximum atomic E-state index is 12.0. The van der Waals surface area contributed by atoms with Gasteiger partial charge >= 0.3 is 0 Å². The van der Waals surface area contributed by atoms with Gasteiger partial charge in [-0.25, -0.2) is 0 Å². The van der Waals surface area contributed by atoms with Crippen LogP contribution >= 0.6 is 43.2 Å². The number of benzene rings is 1. The van der Waals surface area contributed by atoms with Gasteiger partial charge in [-0.15, -0.1) is 11.3 Å². The van der Waals surface area contributed by atoms with Crippen molar-refractivity contribution < 1.29 is 9.53 Å². The second kappa shape index (κ2) is 6.54. The van der Waals surface area contributed by atoms with Crippen LogP contribution in [0.5, 0.6) is 5.75 Å². The first-order valence-corrected chi connectivity index (χ1v) is 7.99. The summed E-state index contributed by atoms with van der Waals surface area (Å²) in [5.41, 5.74) is 0.745. The smallest absolute Gasteiger partial charge is 0.265 e. The van der Waals surface area contributed by atoms with Crippen LogP contribution in [0.15, 0.2) is 38.6 Å². The third-order valence-corrected chi connectivity index (χ3v) is 5.55. The average Bonchev–Trinajstić information content (AvgIpc) is 2.72. The number of ether oxygens (including phenoxy) is 1. The van der Waals surface area contributed by atoms with E-state index in [-0.39, 0.29) is 5.91 Å². The average molecular weight is 405 g/mol. The number of rotatable bonds is 4. The Bertz CT molecular complexity index is 561. The Kier molecular flexibility index (Phi) is 5.01. The van der Waals surface area contributed by atoms with Gasteiger partial charge in [0.25, 0.3) is 5.91 Å². The van der Waals surface area contributed by atoms with Gasteiger partial charge in [0.2, 0.25) is 0 Å². The van der Waals surface area contributed by atoms with Crippen molar-refractivity contribution in [3.05, 3.63) is 43.5 Å². The topological polar surface area (TPSA) is 38.3 Å². The lowest BCUT2D eigenvalue weighted by Crippen LogP contribution is -2.09. The molecule has 0 saturated heterocycles. The summed E-state index contributed by atoms with van der Waals surface area (Å²) in [4.78, 5) is 12.7. The Hall–Kier alpha value is -0.850. The van der Waals surface area contributed by atoms with Crippen LogP contribution in [-0.4, -0.2) is 12.5 Å². The molecule has 1 amide bonds. The molecule has 6 heteroatoms. The largest absolute Gasteiger partial charge is 0.494 e. The van der Waals surface area contributed by atoms with Crippen LogP contribution in [0.25, 0.3) is 0 Å². The molecule has 1 aromatic heterocycles. The number of amides is 1. The molecule has 0 fully saturated rings. The number of hydrogen-bond acceptors (Lipinski definition) is 3. The van der Waals surface area contributed by atoms with Crippen molar-refractivity contribution in [1.82, 2.24) is 0 Å². The van der Waals surface area contributed by atoms with Crippen LogP contribution in [0.4, 0.5) is 5.69 Å². The van der Waals surface area contributed by atoms with E-state index in [1.807, 2.05) is 31.2 Å². The molecule has 0 aliphatic rings. The molecule has 3 nitrogen and oxygen atoms in total. The van der Waals surface area contributed by atoms with Crippen molar-refractivity contribution in [1.29, 1.82) is 0 Å². The molecule has 2 aromatic rings. The van der Waals surface area contributed by atoms with Crippen LogP contribution < -0.4 is 10.1 Å². The summed E-state index contributed by atoms with van der Waals surface area (Å²) in [6.45, 7) is 2.56. The summed E-state index contributed by atoms with van der Waals surface area (Å²) >= 11 is 8.12. The van der Waals surface area contributed by atoms with Crippen LogP contribution in [0.2, 0.25) is 0 Å². The van der Waals surface area contributed by atoms with Crippen LogP contribution in [0.1, 0.15) is 16.6 Å². The molecule has 100 valence electrons. The highest BCUT2D eigenvalue weighted by molar-refractivity contribution is 9.13. The van der Waals surface area contributed by atoms with E-state index in [1.165, 1.54) is 11.3 Å². The SMILES string of the molecule is CCOc1ccc(NC(=O)c2cc(Br)c(Br)s2)cc1. The molecule has 1 N–H and O–H groups in total. The first-order chi connectivity index (χ1) is 9.10. The fourth-order valence-corrected chi connectivity index (χ4v) is 3.38. The zero-order valence-electron chi connectivity index (χ0n) is 10.1. The van der Waals surface area contributed by atoms with Gasteiger partial charge in [-0.2, -0.15) is 0 Å². The Morgan fingerprint density at radius 1 is 1.32 bits per heavy atom. The summed E-state index contributed by atoms with van der Waals surface area (Å²) in [6, 6.07) is 9.10. The molecule has 19 heavy (non-hydrogen) atoms. The van der Waals surface area contributed by atoms with Gasteiger partial charge in [-0.3, -0.25) is 4.79 Å². The minimum Gasteiger partial charge on any atom is -0.494 e. The molecule has 0 spiro atoms. The fraction of sp³-hybridized carbons (Fsp3) is 0.154. The molecule has 0 aliphatic heterocycles. The third-order valence-electron chi connectivity index (χ3n) is 2.29. The summed E-state index contributed by atoms with van der Waals surface area (Å²) in [6.07, 6.45) is 0. The maximum absolute atomic E-state index is 12.0. The summed E-state index contributed by atoms with van der Waals surface area (Å²) in [5, 5.41) is 2.84. The second-order valence-electron chi connectivity index (χ2n) is 3.64. The van der Waals surface area contributed by atoms with Crippen molar-refractivity contribution >= 4 is 54.8 Å². The maximum Gasteiger partial charge on any atom is 0.265 e. The van der Waals surface area contributed by atoms with Gasteiger partial charge in [0.15, 0.2) is 0 Å². The zero-order chi connectivity index (χ0) is 13.8. The fourth-order valence-electron chi connectivity index (χ4n) is 1.45. The van der Waals surface area contributed by atoms with E-state index >= 15 is 0 Å². The van der Waals surface area contributed by atoms with Crippen molar-refractivity contribution in [3.63, 3.8) is 0 Å². The molecule has 0 unspecified atom stereocenters. The van der Waals surface area contributed by atoms with E-state index in [0.29, 0.717) is 11.5 Å². The quantitative estimate of drug-likeness (QED) is 0.784. The number of hydrogen-bond donors (Lipinski definition) is 1. The van der Waals surface area contributed by atoms with Gasteiger partial charge in [0, 0.05) is 10.2 Å². The molecule has 2 rings (SSSR count). The number of thiophene rings is 1. The van der Waals surface area contributed by atoms with Gasteiger partial charge < -0.3 is 10.1 Å². The number of halogens is 2. The normalized spacial score (nSPS) is 10.3.